The van der Waals surface area contributed by atoms with Gasteiger partial charge in [-0.1, -0.05) is 32.6 Å². The molecule has 5 nitrogen and oxygen atoms in total. The molecular formula is C13H23NO4. The number of ether oxygens (including phenoxy) is 1. The van der Waals surface area contributed by atoms with E-state index in [-0.39, 0.29) is 12.5 Å². The molecule has 2 N–H and O–H groups in total. The van der Waals surface area contributed by atoms with Crippen molar-refractivity contribution in [3.63, 3.8) is 0 Å². The Kier molecular flexibility index (Phi) is 6.12. The Morgan fingerprint density at radius 1 is 1.22 bits per heavy atom. The van der Waals surface area contributed by atoms with Gasteiger partial charge in [-0.25, -0.2) is 4.79 Å². The normalized spacial score (nSPS) is 18.9. The summed E-state index contributed by atoms with van der Waals surface area (Å²) in [6.45, 7) is 2.43. The van der Waals surface area contributed by atoms with Crippen molar-refractivity contribution in [2.24, 2.45) is 0 Å². The van der Waals surface area contributed by atoms with Crippen LogP contribution >= 0.6 is 0 Å². The van der Waals surface area contributed by atoms with Crippen molar-refractivity contribution in [2.75, 3.05) is 13.2 Å². The first-order chi connectivity index (χ1) is 8.60. The Morgan fingerprint density at radius 2 is 1.83 bits per heavy atom. The van der Waals surface area contributed by atoms with E-state index in [1.807, 2.05) is 6.92 Å². The van der Waals surface area contributed by atoms with E-state index in [0.717, 1.165) is 32.1 Å². The highest BCUT2D eigenvalue weighted by Crippen LogP contribution is 2.27. The summed E-state index contributed by atoms with van der Waals surface area (Å²) >= 11 is 0. The van der Waals surface area contributed by atoms with Crippen LogP contribution < -0.4 is 5.32 Å². The van der Waals surface area contributed by atoms with Crippen molar-refractivity contribution in [1.29, 1.82) is 0 Å². The minimum absolute atomic E-state index is 0.0527. The molecule has 0 radical (unpaired) electrons. The van der Waals surface area contributed by atoms with Gasteiger partial charge in [0, 0.05) is 6.61 Å². The SMILES string of the molecule is CCCOCC(=O)NC1(C(=O)O)CCCCCC1. The van der Waals surface area contributed by atoms with Crippen LogP contribution in [0.15, 0.2) is 0 Å². The van der Waals surface area contributed by atoms with Crippen LogP contribution in [0.3, 0.4) is 0 Å². The number of carbonyl (C=O) groups excluding carboxylic acids is 1. The van der Waals surface area contributed by atoms with Crippen molar-refractivity contribution in [2.45, 2.75) is 57.4 Å². The van der Waals surface area contributed by atoms with Gasteiger partial charge in [-0.3, -0.25) is 4.79 Å². The molecule has 5 heteroatoms. The van der Waals surface area contributed by atoms with E-state index < -0.39 is 11.5 Å². The second-order valence-electron chi connectivity index (χ2n) is 4.90. The fourth-order valence-electron chi connectivity index (χ4n) is 2.34. The summed E-state index contributed by atoms with van der Waals surface area (Å²) in [5.41, 5.74) is -1.08. The number of nitrogens with one attached hydrogen (secondary N) is 1. The molecule has 0 atom stereocenters. The van der Waals surface area contributed by atoms with Crippen LogP contribution in [0.5, 0.6) is 0 Å². The lowest BCUT2D eigenvalue weighted by molar-refractivity contribution is -0.149. The monoisotopic (exact) mass is 257 g/mol. The van der Waals surface area contributed by atoms with Gasteiger partial charge in [0.1, 0.15) is 12.1 Å². The van der Waals surface area contributed by atoms with Crippen LogP contribution in [0.2, 0.25) is 0 Å². The molecule has 1 fully saturated rings. The molecule has 0 aromatic heterocycles. The van der Waals surface area contributed by atoms with Crippen LogP contribution in [0, 0.1) is 0 Å². The average molecular weight is 257 g/mol. The molecule has 18 heavy (non-hydrogen) atoms. The molecule has 0 aromatic rings. The average Bonchev–Trinajstić information content (AvgIpc) is 2.56. The van der Waals surface area contributed by atoms with Crippen molar-refractivity contribution in [3.8, 4) is 0 Å². The van der Waals surface area contributed by atoms with Gasteiger partial charge in [0.05, 0.1) is 0 Å². The molecule has 0 saturated heterocycles. The topological polar surface area (TPSA) is 75.6 Å². The van der Waals surface area contributed by atoms with E-state index >= 15 is 0 Å². The van der Waals surface area contributed by atoms with Crippen LogP contribution in [0.1, 0.15) is 51.9 Å². The number of aliphatic carboxylic acids is 1. The van der Waals surface area contributed by atoms with Crippen molar-refractivity contribution < 1.29 is 19.4 Å². The van der Waals surface area contributed by atoms with E-state index in [0.29, 0.717) is 19.4 Å². The molecule has 1 saturated carbocycles. The predicted octanol–water partition coefficient (Wildman–Crippen LogP) is 1.71. The first-order valence-corrected chi connectivity index (χ1v) is 6.73. The Labute approximate surface area is 108 Å². The van der Waals surface area contributed by atoms with E-state index in [1.165, 1.54) is 0 Å². The third-order valence-corrected chi connectivity index (χ3v) is 3.33. The number of carboxylic acids is 1. The minimum Gasteiger partial charge on any atom is -0.480 e. The molecule has 0 aromatic carbocycles. The third kappa shape index (κ3) is 4.29. The smallest absolute Gasteiger partial charge is 0.329 e. The standard InChI is InChI=1S/C13H23NO4/c1-2-9-18-10-11(15)14-13(12(16)17)7-5-3-4-6-8-13/h2-10H2,1H3,(H,14,15)(H,16,17). The maximum atomic E-state index is 11.7. The third-order valence-electron chi connectivity index (χ3n) is 3.33. The maximum Gasteiger partial charge on any atom is 0.329 e. The molecule has 0 aliphatic heterocycles. The summed E-state index contributed by atoms with van der Waals surface area (Å²) in [7, 11) is 0. The van der Waals surface area contributed by atoms with Gasteiger partial charge in [-0.15, -0.1) is 0 Å². The van der Waals surface area contributed by atoms with E-state index in [1.54, 1.807) is 0 Å². The molecule has 0 spiro atoms. The molecule has 0 unspecified atom stereocenters. The molecule has 104 valence electrons. The lowest BCUT2D eigenvalue weighted by Crippen LogP contribution is -2.55. The van der Waals surface area contributed by atoms with Crippen molar-refractivity contribution in [1.82, 2.24) is 5.32 Å². The van der Waals surface area contributed by atoms with E-state index in [2.05, 4.69) is 5.32 Å². The first-order valence-electron chi connectivity index (χ1n) is 6.73. The number of carboxylic acid groups (broad SMARTS) is 1. The van der Waals surface area contributed by atoms with Crippen LogP contribution in [0.4, 0.5) is 0 Å². The first kappa shape index (κ1) is 15.0. The minimum atomic E-state index is -1.08. The Hall–Kier alpha value is -1.10. The van der Waals surface area contributed by atoms with Crippen molar-refractivity contribution >= 4 is 11.9 Å². The fraction of sp³-hybridized carbons (Fsp3) is 0.846. The van der Waals surface area contributed by atoms with Gasteiger partial charge < -0.3 is 15.2 Å². The Bertz CT molecular complexity index is 283. The second-order valence-corrected chi connectivity index (χ2v) is 4.90. The molecular weight excluding hydrogens is 234 g/mol. The Balaban J connectivity index is 2.55. The second kappa shape index (κ2) is 7.36. The van der Waals surface area contributed by atoms with Gasteiger partial charge in [0.25, 0.3) is 0 Å². The van der Waals surface area contributed by atoms with Crippen LogP contribution in [-0.2, 0) is 14.3 Å². The summed E-state index contributed by atoms with van der Waals surface area (Å²) in [6, 6.07) is 0. The number of amides is 1. The van der Waals surface area contributed by atoms with Gasteiger partial charge in [-0.05, 0) is 19.3 Å². The highest BCUT2D eigenvalue weighted by molar-refractivity contribution is 5.87. The maximum absolute atomic E-state index is 11.7. The summed E-state index contributed by atoms with van der Waals surface area (Å²) in [6.07, 6.45) is 5.65. The van der Waals surface area contributed by atoms with E-state index in [9.17, 15) is 14.7 Å². The molecule has 1 aliphatic rings. The zero-order valence-electron chi connectivity index (χ0n) is 11.0. The largest absolute Gasteiger partial charge is 0.480 e. The predicted molar refractivity (Wildman–Crippen MR) is 67.3 cm³/mol. The summed E-state index contributed by atoms with van der Waals surface area (Å²) in [5, 5.41) is 12.0. The quantitative estimate of drug-likeness (QED) is 0.561. The van der Waals surface area contributed by atoms with Crippen LogP contribution in [0.25, 0.3) is 0 Å². The highest BCUT2D eigenvalue weighted by atomic mass is 16.5. The number of rotatable bonds is 6. The number of carbonyl (C=O) groups is 2. The molecule has 0 heterocycles. The summed E-state index contributed by atoms with van der Waals surface area (Å²) in [5.74, 6) is -1.25. The summed E-state index contributed by atoms with van der Waals surface area (Å²) in [4.78, 5) is 23.1. The molecule has 1 aliphatic carbocycles. The number of hydrogen-bond donors (Lipinski definition) is 2. The lowest BCUT2D eigenvalue weighted by Gasteiger charge is -2.29. The lowest BCUT2D eigenvalue weighted by atomic mass is 9.90. The van der Waals surface area contributed by atoms with Gasteiger partial charge >= 0.3 is 5.97 Å². The summed E-state index contributed by atoms with van der Waals surface area (Å²) < 4.78 is 5.14. The van der Waals surface area contributed by atoms with Gasteiger partial charge in [-0.2, -0.15) is 0 Å². The zero-order valence-corrected chi connectivity index (χ0v) is 11.0. The number of hydrogen-bond acceptors (Lipinski definition) is 3. The Morgan fingerprint density at radius 3 is 2.33 bits per heavy atom. The zero-order chi connectivity index (χ0) is 13.4. The van der Waals surface area contributed by atoms with E-state index in [4.69, 9.17) is 4.74 Å². The van der Waals surface area contributed by atoms with Gasteiger partial charge in [0.2, 0.25) is 5.91 Å². The molecule has 0 bridgehead atoms. The van der Waals surface area contributed by atoms with Crippen molar-refractivity contribution in [3.05, 3.63) is 0 Å². The fourth-order valence-corrected chi connectivity index (χ4v) is 2.34. The highest BCUT2D eigenvalue weighted by Gasteiger charge is 2.39. The molecule has 1 amide bonds. The van der Waals surface area contributed by atoms with Crippen LogP contribution in [-0.4, -0.2) is 35.7 Å². The molecule has 1 rings (SSSR count). The van der Waals surface area contributed by atoms with Gasteiger partial charge in [0.15, 0.2) is 0 Å².